The van der Waals surface area contributed by atoms with Crippen molar-refractivity contribution in [3.8, 4) is 11.5 Å². The van der Waals surface area contributed by atoms with Crippen molar-refractivity contribution in [2.75, 3.05) is 18.5 Å². The number of nitro benzene ring substituents is 1. The maximum Gasteiger partial charge on any atom is 0.276 e. The normalized spacial score (nSPS) is 13.3. The first kappa shape index (κ1) is 17.8. The second kappa shape index (κ2) is 7.88. The molecule has 0 radical (unpaired) electrons. The van der Waals surface area contributed by atoms with Crippen molar-refractivity contribution in [3.05, 3.63) is 63.2 Å². The number of rotatable bonds is 4. The van der Waals surface area contributed by atoms with Crippen molar-refractivity contribution in [2.24, 2.45) is 0 Å². The highest BCUT2D eigenvalue weighted by Crippen LogP contribution is 2.37. The van der Waals surface area contributed by atoms with E-state index >= 15 is 0 Å². The summed E-state index contributed by atoms with van der Waals surface area (Å²) in [5, 5.41) is 13.9. The molecule has 3 rings (SSSR count). The zero-order valence-electron chi connectivity index (χ0n) is 13.6. The van der Waals surface area contributed by atoms with Crippen molar-refractivity contribution in [1.82, 2.24) is 0 Å². The van der Waals surface area contributed by atoms with Crippen LogP contribution in [-0.4, -0.2) is 24.0 Å². The molecule has 0 bridgehead atoms. The molecule has 1 aliphatic rings. The Hall–Kier alpha value is -3.06. The Labute approximate surface area is 154 Å². The summed E-state index contributed by atoms with van der Waals surface area (Å²) in [5.74, 6) is 0.561. The smallest absolute Gasteiger partial charge is 0.276 e. The van der Waals surface area contributed by atoms with Gasteiger partial charge >= 0.3 is 0 Å². The van der Waals surface area contributed by atoms with Gasteiger partial charge in [-0.2, -0.15) is 0 Å². The van der Waals surface area contributed by atoms with E-state index in [-0.39, 0.29) is 5.69 Å². The van der Waals surface area contributed by atoms with Gasteiger partial charge in [0.05, 0.1) is 34.4 Å². The molecule has 1 amide bonds. The van der Waals surface area contributed by atoms with E-state index in [0.717, 1.165) is 6.42 Å². The van der Waals surface area contributed by atoms with Crippen molar-refractivity contribution >= 4 is 35.0 Å². The minimum absolute atomic E-state index is 0.0786. The van der Waals surface area contributed by atoms with Crippen molar-refractivity contribution in [3.63, 3.8) is 0 Å². The van der Waals surface area contributed by atoms with E-state index in [1.807, 2.05) is 0 Å². The summed E-state index contributed by atoms with van der Waals surface area (Å²) in [4.78, 5) is 22.6. The molecule has 0 saturated carbocycles. The number of anilines is 1. The summed E-state index contributed by atoms with van der Waals surface area (Å²) in [7, 11) is 0. The van der Waals surface area contributed by atoms with E-state index in [2.05, 4.69) is 5.32 Å². The highest BCUT2D eigenvalue weighted by Gasteiger charge is 2.15. The van der Waals surface area contributed by atoms with Gasteiger partial charge in [-0.05, 0) is 12.1 Å². The fourth-order valence-electron chi connectivity index (χ4n) is 2.41. The van der Waals surface area contributed by atoms with Crippen LogP contribution in [-0.2, 0) is 4.79 Å². The molecule has 0 saturated heterocycles. The van der Waals surface area contributed by atoms with Gasteiger partial charge in [0.25, 0.3) is 5.69 Å². The molecule has 0 aromatic heterocycles. The standard InChI is InChI=1S/C18H15ClN2O5/c19-13-10-16-17(26-9-3-8-25-16)11-14(13)20-18(22)7-6-12-4-1-2-5-15(12)21(23)24/h1-2,4-7,10-11H,3,8-9H2,(H,20,22)/b7-6+. The van der Waals surface area contributed by atoms with Gasteiger partial charge in [-0.25, -0.2) is 0 Å². The molecule has 0 unspecified atom stereocenters. The molecule has 2 aromatic rings. The lowest BCUT2D eigenvalue weighted by Gasteiger charge is -2.11. The van der Waals surface area contributed by atoms with E-state index in [0.29, 0.717) is 41.0 Å². The molecule has 134 valence electrons. The van der Waals surface area contributed by atoms with E-state index in [1.54, 1.807) is 30.3 Å². The summed E-state index contributed by atoms with van der Waals surface area (Å²) in [6, 6.07) is 9.34. The fourth-order valence-corrected chi connectivity index (χ4v) is 2.62. The Morgan fingerprint density at radius 2 is 1.88 bits per heavy atom. The second-order valence-electron chi connectivity index (χ2n) is 5.47. The van der Waals surface area contributed by atoms with Crippen molar-refractivity contribution in [2.45, 2.75) is 6.42 Å². The molecule has 0 aliphatic carbocycles. The average Bonchev–Trinajstić information content (AvgIpc) is 2.85. The zero-order valence-corrected chi connectivity index (χ0v) is 14.4. The average molecular weight is 375 g/mol. The number of carbonyl (C=O) groups excluding carboxylic acids is 1. The Bertz CT molecular complexity index is 882. The molecule has 0 atom stereocenters. The number of nitrogens with one attached hydrogen (secondary N) is 1. The van der Waals surface area contributed by atoms with Gasteiger partial charge in [-0.15, -0.1) is 0 Å². The highest BCUT2D eigenvalue weighted by molar-refractivity contribution is 6.34. The number of benzene rings is 2. The van der Waals surface area contributed by atoms with Gasteiger partial charge in [0, 0.05) is 30.7 Å². The predicted octanol–water partition coefficient (Wildman–Crippen LogP) is 4.06. The molecule has 8 heteroatoms. The monoisotopic (exact) mass is 374 g/mol. The van der Waals surface area contributed by atoms with E-state index in [4.69, 9.17) is 21.1 Å². The molecular formula is C18H15ClN2O5. The SMILES string of the molecule is O=C(/C=C/c1ccccc1[N+](=O)[O-])Nc1cc2c(cc1Cl)OCCCO2. The number of amides is 1. The molecule has 7 nitrogen and oxygen atoms in total. The maximum atomic E-state index is 12.2. The molecule has 26 heavy (non-hydrogen) atoms. The second-order valence-corrected chi connectivity index (χ2v) is 5.87. The zero-order chi connectivity index (χ0) is 18.5. The van der Waals surface area contributed by atoms with Gasteiger partial charge in [-0.1, -0.05) is 23.7 Å². The quantitative estimate of drug-likeness (QED) is 0.495. The number of fused-ring (bicyclic) bond motifs is 1. The van der Waals surface area contributed by atoms with Crippen LogP contribution in [0.5, 0.6) is 11.5 Å². The number of hydrogen-bond acceptors (Lipinski definition) is 5. The van der Waals surface area contributed by atoms with E-state index in [9.17, 15) is 14.9 Å². The van der Waals surface area contributed by atoms with Crippen LogP contribution >= 0.6 is 11.6 Å². The Balaban J connectivity index is 1.76. The first-order valence-electron chi connectivity index (χ1n) is 7.86. The summed E-state index contributed by atoms with van der Waals surface area (Å²) in [6.07, 6.45) is 3.35. The highest BCUT2D eigenvalue weighted by atomic mass is 35.5. The van der Waals surface area contributed by atoms with Crippen LogP contribution in [0.4, 0.5) is 11.4 Å². The number of ether oxygens (including phenoxy) is 2. The third-order valence-electron chi connectivity index (χ3n) is 3.64. The van der Waals surface area contributed by atoms with Gasteiger partial charge in [-0.3, -0.25) is 14.9 Å². The summed E-state index contributed by atoms with van der Waals surface area (Å²) >= 11 is 6.18. The van der Waals surface area contributed by atoms with Crippen molar-refractivity contribution < 1.29 is 19.2 Å². The van der Waals surface area contributed by atoms with Crippen LogP contribution in [0.15, 0.2) is 42.5 Å². The van der Waals surface area contributed by atoms with Crippen molar-refractivity contribution in [1.29, 1.82) is 0 Å². The number of carbonyl (C=O) groups is 1. The Morgan fingerprint density at radius 1 is 1.19 bits per heavy atom. The van der Waals surface area contributed by atoms with Crippen LogP contribution in [0.3, 0.4) is 0 Å². The predicted molar refractivity (Wildman–Crippen MR) is 97.8 cm³/mol. The van der Waals surface area contributed by atoms with Crippen LogP contribution in [0.2, 0.25) is 5.02 Å². The summed E-state index contributed by atoms with van der Waals surface area (Å²) in [6.45, 7) is 1.05. The summed E-state index contributed by atoms with van der Waals surface area (Å²) < 4.78 is 11.1. The van der Waals surface area contributed by atoms with Crippen LogP contribution in [0.25, 0.3) is 6.08 Å². The molecular weight excluding hydrogens is 360 g/mol. The molecule has 0 spiro atoms. The van der Waals surface area contributed by atoms with Gasteiger partial charge in [0.2, 0.25) is 5.91 Å². The number of hydrogen-bond donors (Lipinski definition) is 1. The minimum Gasteiger partial charge on any atom is -0.490 e. The third-order valence-corrected chi connectivity index (χ3v) is 3.96. The topological polar surface area (TPSA) is 90.7 Å². The Morgan fingerprint density at radius 3 is 2.62 bits per heavy atom. The lowest BCUT2D eigenvalue weighted by atomic mass is 10.1. The number of para-hydroxylation sites is 1. The van der Waals surface area contributed by atoms with E-state index < -0.39 is 10.8 Å². The van der Waals surface area contributed by atoms with Crippen LogP contribution in [0.1, 0.15) is 12.0 Å². The lowest BCUT2D eigenvalue weighted by molar-refractivity contribution is -0.385. The number of nitrogens with zero attached hydrogens (tertiary/aromatic N) is 1. The number of nitro groups is 1. The Kier molecular flexibility index (Phi) is 5.38. The fraction of sp³-hybridized carbons (Fsp3) is 0.167. The molecule has 0 fully saturated rings. The third kappa shape index (κ3) is 4.12. The van der Waals surface area contributed by atoms with Gasteiger partial charge in [0.15, 0.2) is 11.5 Å². The van der Waals surface area contributed by atoms with Gasteiger partial charge in [0.1, 0.15) is 0 Å². The van der Waals surface area contributed by atoms with E-state index in [1.165, 1.54) is 18.2 Å². The molecule has 2 aromatic carbocycles. The maximum absolute atomic E-state index is 12.2. The van der Waals surface area contributed by atoms with Crippen LogP contribution < -0.4 is 14.8 Å². The molecule has 1 aliphatic heterocycles. The first-order chi connectivity index (χ1) is 12.5. The lowest BCUT2D eigenvalue weighted by Crippen LogP contribution is -2.08. The molecule has 1 heterocycles. The van der Waals surface area contributed by atoms with Gasteiger partial charge < -0.3 is 14.8 Å². The number of halogens is 1. The minimum atomic E-state index is -0.502. The largest absolute Gasteiger partial charge is 0.490 e. The van der Waals surface area contributed by atoms with Crippen LogP contribution in [0, 0.1) is 10.1 Å². The summed E-state index contributed by atoms with van der Waals surface area (Å²) in [5.41, 5.74) is 0.621. The first-order valence-corrected chi connectivity index (χ1v) is 8.24. The molecule has 1 N–H and O–H groups in total.